The Morgan fingerprint density at radius 2 is 2.58 bits per heavy atom. The third-order valence-corrected chi connectivity index (χ3v) is 1.43. The normalized spacial score (nSPS) is 8.67. The molecule has 2 heteroatoms. The Labute approximate surface area is 72.6 Å². The molecule has 1 radical (unpaired) electrons. The van der Waals surface area contributed by atoms with Crippen molar-refractivity contribution in [2.75, 3.05) is 19.0 Å². The van der Waals surface area contributed by atoms with E-state index in [4.69, 9.17) is 11.2 Å². The third-order valence-electron chi connectivity index (χ3n) is 1.43. The van der Waals surface area contributed by atoms with Crippen molar-refractivity contribution in [1.29, 1.82) is 0 Å². The fourth-order valence-corrected chi connectivity index (χ4v) is 0.876. The Hall–Kier alpha value is -1.62. The van der Waals surface area contributed by atoms with Crippen LogP contribution in [0.15, 0.2) is 18.2 Å². The molecular weight excluding hydrogens is 150 g/mol. The average Bonchev–Trinajstić information content (AvgIpc) is 2.15. The zero-order chi connectivity index (χ0) is 8.81. The van der Waals surface area contributed by atoms with Gasteiger partial charge in [0.05, 0.1) is 19.3 Å². The number of benzene rings is 1. The van der Waals surface area contributed by atoms with E-state index >= 15 is 0 Å². The second kappa shape index (κ2) is 4.30. The van der Waals surface area contributed by atoms with Crippen molar-refractivity contribution in [2.45, 2.75) is 0 Å². The minimum absolute atomic E-state index is 0.500. The summed E-state index contributed by atoms with van der Waals surface area (Å²) in [5.74, 6) is 3.25. The average molecular weight is 160 g/mol. The lowest BCUT2D eigenvalue weighted by molar-refractivity contribution is 0.416. The molecule has 12 heavy (non-hydrogen) atoms. The third kappa shape index (κ3) is 1.93. The van der Waals surface area contributed by atoms with Gasteiger partial charge in [-0.1, -0.05) is 12.0 Å². The summed E-state index contributed by atoms with van der Waals surface area (Å²) >= 11 is 0. The van der Waals surface area contributed by atoms with E-state index in [2.05, 4.69) is 17.3 Å². The zero-order valence-corrected chi connectivity index (χ0v) is 6.92. The lowest BCUT2D eigenvalue weighted by Crippen LogP contribution is -2.00. The summed E-state index contributed by atoms with van der Waals surface area (Å²) in [5.41, 5.74) is 0.897. The van der Waals surface area contributed by atoms with Crippen molar-refractivity contribution in [1.82, 2.24) is 0 Å². The van der Waals surface area contributed by atoms with E-state index in [0.29, 0.717) is 6.54 Å². The number of terminal acetylenes is 1. The van der Waals surface area contributed by atoms with Gasteiger partial charge in [-0.05, 0) is 18.2 Å². The number of anilines is 1. The first kappa shape index (κ1) is 8.48. The van der Waals surface area contributed by atoms with Gasteiger partial charge in [0.25, 0.3) is 0 Å². The Morgan fingerprint density at radius 3 is 3.25 bits per heavy atom. The van der Waals surface area contributed by atoms with Crippen LogP contribution in [0.4, 0.5) is 5.69 Å². The van der Waals surface area contributed by atoms with E-state index in [1.807, 2.05) is 6.07 Å². The SMILES string of the molecule is C#CCNc1cc[c]cc1OC. The minimum Gasteiger partial charge on any atom is -0.495 e. The number of methoxy groups -OCH3 is 1. The van der Waals surface area contributed by atoms with E-state index in [9.17, 15) is 0 Å². The number of ether oxygens (including phenoxy) is 1. The van der Waals surface area contributed by atoms with Crippen molar-refractivity contribution >= 4 is 5.69 Å². The summed E-state index contributed by atoms with van der Waals surface area (Å²) in [6, 6.07) is 8.35. The van der Waals surface area contributed by atoms with Crippen molar-refractivity contribution in [2.24, 2.45) is 0 Å². The summed E-state index contributed by atoms with van der Waals surface area (Å²) in [6.07, 6.45) is 5.11. The maximum absolute atomic E-state index is 5.11. The van der Waals surface area contributed by atoms with E-state index < -0.39 is 0 Å². The highest BCUT2D eigenvalue weighted by Crippen LogP contribution is 2.21. The first-order chi connectivity index (χ1) is 5.88. The highest BCUT2D eigenvalue weighted by atomic mass is 16.5. The highest BCUT2D eigenvalue weighted by Gasteiger charge is 1.97. The molecule has 0 spiro atoms. The summed E-state index contributed by atoms with van der Waals surface area (Å²) in [4.78, 5) is 0. The number of hydrogen-bond donors (Lipinski definition) is 1. The molecule has 0 fully saturated rings. The molecule has 0 atom stereocenters. The molecule has 0 heterocycles. The van der Waals surface area contributed by atoms with Gasteiger partial charge in [0.15, 0.2) is 0 Å². The molecule has 0 saturated carbocycles. The molecule has 61 valence electrons. The van der Waals surface area contributed by atoms with Crippen LogP contribution in [0.2, 0.25) is 0 Å². The Bertz CT molecular complexity index is 288. The number of rotatable bonds is 3. The van der Waals surface area contributed by atoms with Crippen LogP contribution in [0.1, 0.15) is 0 Å². The van der Waals surface area contributed by atoms with Crippen molar-refractivity contribution < 1.29 is 4.74 Å². The maximum atomic E-state index is 5.11. The van der Waals surface area contributed by atoms with Gasteiger partial charge in [-0.3, -0.25) is 0 Å². The molecule has 0 bridgehead atoms. The van der Waals surface area contributed by atoms with Crippen LogP contribution in [0.25, 0.3) is 0 Å². The second-order valence-electron chi connectivity index (χ2n) is 2.18. The van der Waals surface area contributed by atoms with Gasteiger partial charge in [-0.15, -0.1) is 6.42 Å². The van der Waals surface area contributed by atoms with Gasteiger partial charge in [0.2, 0.25) is 0 Å². The van der Waals surface area contributed by atoms with Gasteiger partial charge in [0.1, 0.15) is 5.75 Å². The van der Waals surface area contributed by atoms with Crippen LogP contribution in [-0.4, -0.2) is 13.7 Å². The maximum Gasteiger partial charge on any atom is 0.142 e. The molecule has 0 aromatic heterocycles. The number of nitrogens with one attached hydrogen (secondary N) is 1. The highest BCUT2D eigenvalue weighted by molar-refractivity contribution is 5.56. The first-order valence-electron chi connectivity index (χ1n) is 3.60. The fourth-order valence-electron chi connectivity index (χ4n) is 0.876. The Balaban J connectivity index is 2.76. The lowest BCUT2D eigenvalue weighted by atomic mass is 10.3. The predicted octanol–water partition coefficient (Wildman–Crippen LogP) is 1.54. The Morgan fingerprint density at radius 1 is 1.75 bits per heavy atom. The second-order valence-corrected chi connectivity index (χ2v) is 2.18. The van der Waals surface area contributed by atoms with Crippen LogP contribution < -0.4 is 10.1 Å². The van der Waals surface area contributed by atoms with Gasteiger partial charge in [-0.25, -0.2) is 0 Å². The van der Waals surface area contributed by atoms with Gasteiger partial charge in [0, 0.05) is 0 Å². The van der Waals surface area contributed by atoms with Crippen LogP contribution in [0.3, 0.4) is 0 Å². The molecule has 1 N–H and O–H groups in total. The molecule has 2 nitrogen and oxygen atoms in total. The fraction of sp³-hybridized carbons (Fsp3) is 0.200. The molecule has 1 aromatic carbocycles. The predicted molar refractivity (Wildman–Crippen MR) is 49.2 cm³/mol. The van der Waals surface area contributed by atoms with Crippen molar-refractivity contribution in [3.8, 4) is 18.1 Å². The zero-order valence-electron chi connectivity index (χ0n) is 6.92. The van der Waals surface area contributed by atoms with Gasteiger partial charge < -0.3 is 10.1 Å². The largest absolute Gasteiger partial charge is 0.495 e. The van der Waals surface area contributed by atoms with Crippen molar-refractivity contribution in [3.63, 3.8) is 0 Å². The molecule has 1 rings (SSSR count). The van der Waals surface area contributed by atoms with Gasteiger partial charge in [-0.2, -0.15) is 0 Å². The molecule has 0 aliphatic rings. The van der Waals surface area contributed by atoms with Crippen LogP contribution >= 0.6 is 0 Å². The van der Waals surface area contributed by atoms with Crippen LogP contribution in [-0.2, 0) is 0 Å². The van der Waals surface area contributed by atoms with E-state index in [0.717, 1.165) is 11.4 Å². The van der Waals surface area contributed by atoms with E-state index in [1.165, 1.54) is 0 Å². The first-order valence-corrected chi connectivity index (χ1v) is 3.60. The molecule has 0 amide bonds. The topological polar surface area (TPSA) is 21.3 Å². The minimum atomic E-state index is 0.500. The monoisotopic (exact) mass is 160 g/mol. The smallest absolute Gasteiger partial charge is 0.142 e. The molecular formula is C10H10NO. The summed E-state index contributed by atoms with van der Waals surface area (Å²) in [5, 5.41) is 3.03. The van der Waals surface area contributed by atoms with Crippen molar-refractivity contribution in [3.05, 3.63) is 24.3 Å². The molecule has 0 saturated heterocycles. The van der Waals surface area contributed by atoms with E-state index in [-0.39, 0.29) is 0 Å². The summed E-state index contributed by atoms with van der Waals surface area (Å²) in [6.45, 7) is 0.500. The lowest BCUT2D eigenvalue weighted by Gasteiger charge is -2.07. The van der Waals surface area contributed by atoms with Crippen LogP contribution in [0.5, 0.6) is 5.75 Å². The molecule has 0 aliphatic carbocycles. The number of hydrogen-bond acceptors (Lipinski definition) is 2. The molecule has 0 aliphatic heterocycles. The summed E-state index contributed by atoms with van der Waals surface area (Å²) in [7, 11) is 1.62. The van der Waals surface area contributed by atoms with E-state index in [1.54, 1.807) is 19.2 Å². The van der Waals surface area contributed by atoms with Crippen LogP contribution in [0, 0.1) is 18.4 Å². The summed E-state index contributed by atoms with van der Waals surface area (Å²) < 4.78 is 5.08. The standard InChI is InChI=1S/C10H10NO/c1-3-8-11-9-6-4-5-7-10(9)12-2/h1,4,6-7,11H,8H2,2H3. The Kier molecular flexibility index (Phi) is 3.04. The quantitative estimate of drug-likeness (QED) is 0.677. The molecule has 0 unspecified atom stereocenters. The van der Waals surface area contributed by atoms with Gasteiger partial charge >= 0.3 is 0 Å². The molecule has 1 aromatic rings.